The molecule has 0 fully saturated rings. The van der Waals surface area contributed by atoms with Gasteiger partial charge in [-0.05, 0) is 116 Å². The molecule has 0 rings (SSSR count). The van der Waals surface area contributed by atoms with Gasteiger partial charge < -0.3 is 14.2 Å². The van der Waals surface area contributed by atoms with Gasteiger partial charge in [0.2, 0.25) is 0 Å². The summed E-state index contributed by atoms with van der Waals surface area (Å²) in [6.45, 7) is 6.30. The molecular formula is C73H120O6. The highest BCUT2D eigenvalue weighted by atomic mass is 16.6. The van der Waals surface area contributed by atoms with Crippen molar-refractivity contribution in [3.63, 3.8) is 0 Å². The normalized spacial score (nSPS) is 13.0. The zero-order chi connectivity index (χ0) is 57.1. The van der Waals surface area contributed by atoms with Crippen molar-refractivity contribution in [3.05, 3.63) is 134 Å². The van der Waals surface area contributed by atoms with Gasteiger partial charge in [0, 0.05) is 19.3 Å². The number of hydrogen-bond acceptors (Lipinski definition) is 6. The molecule has 0 saturated carbocycles. The fraction of sp³-hybridized carbons (Fsp3) is 0.658. The fourth-order valence-electron chi connectivity index (χ4n) is 8.82. The topological polar surface area (TPSA) is 78.9 Å². The zero-order valence-corrected chi connectivity index (χ0v) is 51.3. The second kappa shape index (κ2) is 66.1. The molecule has 1 unspecified atom stereocenters. The summed E-state index contributed by atoms with van der Waals surface area (Å²) in [5, 5.41) is 0. The van der Waals surface area contributed by atoms with Crippen LogP contribution in [0.4, 0.5) is 0 Å². The van der Waals surface area contributed by atoms with Crippen LogP contribution >= 0.6 is 0 Å². The number of carbonyl (C=O) groups excluding carboxylic acids is 3. The Morgan fingerprint density at radius 2 is 0.532 bits per heavy atom. The molecule has 1 atom stereocenters. The number of ether oxygens (including phenoxy) is 3. The van der Waals surface area contributed by atoms with Crippen LogP contribution in [0.5, 0.6) is 0 Å². The van der Waals surface area contributed by atoms with Crippen LogP contribution < -0.4 is 0 Å². The number of allylic oxidation sites excluding steroid dienone is 22. The summed E-state index contributed by atoms with van der Waals surface area (Å²) < 4.78 is 16.8. The number of hydrogen-bond donors (Lipinski definition) is 0. The number of unbranched alkanes of at least 4 members (excludes halogenated alkanes) is 25. The summed E-state index contributed by atoms with van der Waals surface area (Å²) in [5.41, 5.74) is 0. The first-order chi connectivity index (χ1) is 39.0. The van der Waals surface area contributed by atoms with E-state index < -0.39 is 6.10 Å². The molecule has 0 aliphatic carbocycles. The van der Waals surface area contributed by atoms with E-state index in [-0.39, 0.29) is 44.0 Å². The fourth-order valence-corrected chi connectivity index (χ4v) is 8.82. The minimum absolute atomic E-state index is 0.125. The molecule has 0 radical (unpaired) electrons. The maximum absolute atomic E-state index is 12.9. The Labute approximate surface area is 487 Å². The predicted octanol–water partition coefficient (Wildman–Crippen LogP) is 22.5. The smallest absolute Gasteiger partial charge is 0.306 e. The molecule has 0 N–H and O–H groups in total. The van der Waals surface area contributed by atoms with Crippen molar-refractivity contribution >= 4 is 17.9 Å². The van der Waals surface area contributed by atoms with Crippen LogP contribution in [-0.4, -0.2) is 37.2 Å². The molecule has 448 valence electrons. The van der Waals surface area contributed by atoms with Gasteiger partial charge in [-0.1, -0.05) is 289 Å². The molecule has 0 spiro atoms. The molecule has 79 heavy (non-hydrogen) atoms. The minimum atomic E-state index is -0.841. The first kappa shape index (κ1) is 74.5. The van der Waals surface area contributed by atoms with Gasteiger partial charge >= 0.3 is 17.9 Å². The van der Waals surface area contributed by atoms with Gasteiger partial charge in [0.25, 0.3) is 0 Å². The van der Waals surface area contributed by atoms with Gasteiger partial charge in [0.1, 0.15) is 13.2 Å². The lowest BCUT2D eigenvalue weighted by atomic mass is 10.0. The third-order valence-electron chi connectivity index (χ3n) is 13.6. The van der Waals surface area contributed by atoms with Gasteiger partial charge in [-0.25, -0.2) is 0 Å². The van der Waals surface area contributed by atoms with Crippen molar-refractivity contribution in [3.8, 4) is 0 Å². The molecule has 6 nitrogen and oxygen atoms in total. The van der Waals surface area contributed by atoms with Crippen LogP contribution in [0.25, 0.3) is 0 Å². The van der Waals surface area contributed by atoms with Crippen molar-refractivity contribution in [1.82, 2.24) is 0 Å². The maximum Gasteiger partial charge on any atom is 0.306 e. The molecule has 0 aromatic rings. The van der Waals surface area contributed by atoms with Crippen molar-refractivity contribution in [1.29, 1.82) is 0 Å². The molecule has 0 saturated heterocycles. The summed E-state index contributed by atoms with van der Waals surface area (Å²) in [6, 6.07) is 0. The minimum Gasteiger partial charge on any atom is -0.462 e. The van der Waals surface area contributed by atoms with Crippen LogP contribution in [0.15, 0.2) is 134 Å². The summed E-state index contributed by atoms with van der Waals surface area (Å²) in [7, 11) is 0. The van der Waals surface area contributed by atoms with E-state index in [9.17, 15) is 14.4 Å². The van der Waals surface area contributed by atoms with E-state index in [2.05, 4.69) is 142 Å². The molecular weight excluding hydrogens is 973 g/mol. The molecule has 0 amide bonds. The number of rotatable bonds is 58. The third kappa shape index (κ3) is 64.3. The Morgan fingerprint density at radius 3 is 0.886 bits per heavy atom. The second-order valence-electron chi connectivity index (χ2n) is 21.3. The Morgan fingerprint density at radius 1 is 0.266 bits per heavy atom. The van der Waals surface area contributed by atoms with E-state index in [4.69, 9.17) is 14.2 Å². The van der Waals surface area contributed by atoms with E-state index in [1.807, 2.05) is 12.2 Å². The highest BCUT2D eigenvalue weighted by Crippen LogP contribution is 2.16. The second-order valence-corrected chi connectivity index (χ2v) is 21.3. The van der Waals surface area contributed by atoms with Gasteiger partial charge in [-0.15, -0.1) is 0 Å². The lowest BCUT2D eigenvalue weighted by Crippen LogP contribution is -2.30. The Balaban J connectivity index is 4.29. The first-order valence-electron chi connectivity index (χ1n) is 32.7. The first-order valence-corrected chi connectivity index (χ1v) is 32.7. The van der Waals surface area contributed by atoms with E-state index in [0.29, 0.717) is 19.3 Å². The Hall–Kier alpha value is -4.45. The molecule has 0 aromatic carbocycles. The van der Waals surface area contributed by atoms with Gasteiger partial charge in [0.05, 0.1) is 0 Å². The Kier molecular flexibility index (Phi) is 62.3. The lowest BCUT2D eigenvalue weighted by Gasteiger charge is -2.18. The highest BCUT2D eigenvalue weighted by Gasteiger charge is 2.19. The summed E-state index contributed by atoms with van der Waals surface area (Å²) in [6.07, 6.45) is 93.6. The van der Waals surface area contributed by atoms with Gasteiger partial charge in [-0.3, -0.25) is 14.4 Å². The quantitative estimate of drug-likeness (QED) is 0.0261. The molecule has 0 aromatic heterocycles. The highest BCUT2D eigenvalue weighted by molar-refractivity contribution is 5.71. The summed E-state index contributed by atoms with van der Waals surface area (Å²) in [4.78, 5) is 38.2. The molecule has 0 aliphatic rings. The predicted molar refractivity (Wildman–Crippen MR) is 343 cm³/mol. The summed E-state index contributed by atoms with van der Waals surface area (Å²) in [5.74, 6) is -1.07. The number of esters is 3. The van der Waals surface area contributed by atoms with Gasteiger partial charge in [-0.2, -0.15) is 0 Å². The standard InChI is InChI=1S/C73H120O6/c1-4-7-10-13-16-19-22-25-27-29-30-31-32-33-34-35-36-37-38-39-40-41-42-44-45-48-51-54-57-60-63-66-72(75)78-69-70(68-77-71(74)65-62-59-56-53-50-47-24-21-18-15-12-9-6-3)79-73(76)67-64-61-58-55-52-49-46-43-28-26-23-20-17-14-11-8-5-2/h8-9,11-12,17-18,20-22,25-26,28-30,46-47,49-50,55-56,58-59,70H,4-7,10,13-16,19,23-24,27,31-45,48,51-54,57,60-69H2,1-3H3/b11-8-,12-9-,20-17-,21-18-,25-22-,28-26-,30-29-,49-46-,50-47-,58-55-,59-56-. The van der Waals surface area contributed by atoms with E-state index in [1.54, 1.807) is 0 Å². The van der Waals surface area contributed by atoms with Crippen LogP contribution in [0, 0.1) is 0 Å². The van der Waals surface area contributed by atoms with Crippen LogP contribution in [0.2, 0.25) is 0 Å². The molecule has 0 heterocycles. The molecule has 0 aliphatic heterocycles. The van der Waals surface area contributed by atoms with Crippen molar-refractivity contribution in [2.75, 3.05) is 13.2 Å². The van der Waals surface area contributed by atoms with Crippen molar-refractivity contribution in [2.45, 2.75) is 297 Å². The van der Waals surface area contributed by atoms with Crippen molar-refractivity contribution in [2.24, 2.45) is 0 Å². The van der Waals surface area contributed by atoms with Crippen LogP contribution in [0.3, 0.4) is 0 Å². The van der Waals surface area contributed by atoms with Gasteiger partial charge in [0.15, 0.2) is 6.10 Å². The van der Waals surface area contributed by atoms with E-state index in [0.717, 1.165) is 89.9 Å². The monoisotopic (exact) mass is 1090 g/mol. The van der Waals surface area contributed by atoms with Crippen LogP contribution in [0.1, 0.15) is 290 Å². The average molecular weight is 1090 g/mol. The SMILES string of the molecule is CC/C=C\C/C=C\C/C=C\C/C=C\C/C=C\CCCC(=O)OC(COC(=O)CC/C=C\C/C=C\C/C=C\C/C=C\CC)COC(=O)CCCCCCCCCCCCCCCCCCCCC/C=C\C/C=C\CCCCCCC. The summed E-state index contributed by atoms with van der Waals surface area (Å²) >= 11 is 0. The maximum atomic E-state index is 12.9. The lowest BCUT2D eigenvalue weighted by molar-refractivity contribution is -0.166. The Bertz CT molecular complexity index is 1680. The zero-order valence-electron chi connectivity index (χ0n) is 51.3. The largest absolute Gasteiger partial charge is 0.462 e. The number of carbonyl (C=O) groups is 3. The molecule has 6 heteroatoms. The third-order valence-corrected chi connectivity index (χ3v) is 13.6. The van der Waals surface area contributed by atoms with E-state index in [1.165, 1.54) is 148 Å². The van der Waals surface area contributed by atoms with Crippen LogP contribution in [-0.2, 0) is 28.6 Å². The van der Waals surface area contributed by atoms with Crippen molar-refractivity contribution < 1.29 is 28.6 Å². The molecule has 0 bridgehead atoms. The average Bonchev–Trinajstić information content (AvgIpc) is 3.45. The van der Waals surface area contributed by atoms with E-state index >= 15 is 0 Å².